The Morgan fingerprint density at radius 3 is 2.37 bits per heavy atom. The molecule has 0 aromatic heterocycles. The topological polar surface area (TPSA) is 128 Å². The molecule has 10 heteroatoms. The Hall–Kier alpha value is -3.24. The molecule has 0 saturated carbocycles. The summed E-state index contributed by atoms with van der Waals surface area (Å²) in [7, 11) is -2.57. The Labute approximate surface area is 174 Å². The molecule has 0 aliphatic carbocycles. The van der Waals surface area contributed by atoms with E-state index in [4.69, 9.17) is 4.74 Å². The molecule has 160 valence electrons. The minimum absolute atomic E-state index is 0.0237. The quantitative estimate of drug-likeness (QED) is 0.608. The molecule has 9 nitrogen and oxygen atoms in total. The monoisotopic (exact) mass is 434 g/mol. The summed E-state index contributed by atoms with van der Waals surface area (Å²) in [6, 6.07) is 11.2. The number of carbonyl (C=O) groups is 3. The van der Waals surface area contributed by atoms with Crippen molar-refractivity contribution in [2.24, 2.45) is 0 Å². The van der Waals surface area contributed by atoms with Crippen LogP contribution in [-0.2, 0) is 24.3 Å². The van der Waals surface area contributed by atoms with Crippen molar-refractivity contribution in [3.63, 3.8) is 0 Å². The fourth-order valence-corrected chi connectivity index (χ4v) is 3.75. The summed E-state index contributed by atoms with van der Waals surface area (Å²) in [6.45, 7) is 2.72. The number of para-hydroxylation sites is 1. The van der Waals surface area contributed by atoms with Gasteiger partial charge in [0.1, 0.15) is 0 Å². The van der Waals surface area contributed by atoms with Gasteiger partial charge in [0.25, 0.3) is 5.91 Å². The van der Waals surface area contributed by atoms with Gasteiger partial charge in [-0.1, -0.05) is 18.2 Å². The lowest BCUT2D eigenvalue weighted by atomic mass is 10.2. The van der Waals surface area contributed by atoms with Crippen LogP contribution in [-0.4, -0.2) is 46.0 Å². The van der Waals surface area contributed by atoms with Crippen LogP contribution in [0.25, 0.3) is 0 Å². The first kappa shape index (κ1) is 23.0. The zero-order chi connectivity index (χ0) is 22.3. The highest BCUT2D eigenvalue weighted by molar-refractivity contribution is 7.89. The van der Waals surface area contributed by atoms with Crippen molar-refractivity contribution in [1.82, 2.24) is 4.72 Å². The van der Waals surface area contributed by atoms with Gasteiger partial charge in [0.15, 0.2) is 6.61 Å². The van der Waals surface area contributed by atoms with Gasteiger partial charge < -0.3 is 14.8 Å². The fourth-order valence-electron chi connectivity index (χ4n) is 2.45. The van der Waals surface area contributed by atoms with Crippen molar-refractivity contribution in [3.05, 3.63) is 59.7 Å². The Kier molecular flexibility index (Phi) is 7.67. The normalized spacial score (nSPS) is 11.1. The number of methoxy groups -OCH3 is 1. The van der Waals surface area contributed by atoms with Gasteiger partial charge in [-0.25, -0.2) is 22.7 Å². The Bertz CT molecular complexity index is 1050. The summed E-state index contributed by atoms with van der Waals surface area (Å²) in [4.78, 5) is 36.0. The maximum absolute atomic E-state index is 12.2. The lowest BCUT2D eigenvalue weighted by Gasteiger charge is -2.11. The van der Waals surface area contributed by atoms with E-state index in [1.807, 2.05) is 0 Å². The minimum Gasteiger partial charge on any atom is -0.465 e. The molecule has 2 aromatic carbocycles. The second-order valence-electron chi connectivity index (χ2n) is 6.47. The molecule has 2 rings (SSSR count). The average Bonchev–Trinajstić information content (AvgIpc) is 2.71. The predicted molar refractivity (Wildman–Crippen MR) is 109 cm³/mol. The molecule has 1 amide bonds. The van der Waals surface area contributed by atoms with Crippen molar-refractivity contribution >= 4 is 33.6 Å². The molecule has 0 radical (unpaired) electrons. The van der Waals surface area contributed by atoms with E-state index >= 15 is 0 Å². The Morgan fingerprint density at radius 1 is 1.00 bits per heavy atom. The van der Waals surface area contributed by atoms with Crippen LogP contribution in [0.15, 0.2) is 53.4 Å². The van der Waals surface area contributed by atoms with E-state index in [1.165, 1.54) is 37.4 Å². The smallest absolute Gasteiger partial charge is 0.339 e. The molecule has 0 spiro atoms. The largest absolute Gasteiger partial charge is 0.465 e. The number of benzene rings is 2. The van der Waals surface area contributed by atoms with Gasteiger partial charge in [-0.15, -0.1) is 0 Å². The molecule has 0 bridgehead atoms. The third-order valence-electron chi connectivity index (χ3n) is 3.71. The predicted octanol–water partition coefficient (Wildman–Crippen LogP) is 1.96. The molecular formula is C20H22N2O7S. The number of rotatable bonds is 8. The number of sulfonamides is 1. The van der Waals surface area contributed by atoms with Crippen LogP contribution in [0.5, 0.6) is 0 Å². The molecule has 0 saturated heterocycles. The molecule has 0 fully saturated rings. The molecule has 2 N–H and O–H groups in total. The summed E-state index contributed by atoms with van der Waals surface area (Å²) < 4.78 is 36.5. The van der Waals surface area contributed by atoms with E-state index in [9.17, 15) is 22.8 Å². The van der Waals surface area contributed by atoms with Gasteiger partial charge in [-0.3, -0.25) is 4.79 Å². The molecule has 2 aromatic rings. The highest BCUT2D eigenvalue weighted by Crippen LogP contribution is 2.16. The first-order valence-electron chi connectivity index (χ1n) is 8.90. The van der Waals surface area contributed by atoms with Crippen molar-refractivity contribution in [2.75, 3.05) is 19.0 Å². The van der Waals surface area contributed by atoms with Gasteiger partial charge in [0, 0.05) is 6.04 Å². The van der Waals surface area contributed by atoms with Crippen molar-refractivity contribution in [2.45, 2.75) is 24.8 Å². The van der Waals surface area contributed by atoms with E-state index in [0.29, 0.717) is 0 Å². The maximum atomic E-state index is 12.2. The van der Waals surface area contributed by atoms with Crippen LogP contribution >= 0.6 is 0 Å². The molecule has 0 aliphatic heterocycles. The Morgan fingerprint density at radius 2 is 1.70 bits per heavy atom. The third kappa shape index (κ3) is 6.13. The van der Waals surface area contributed by atoms with Crippen LogP contribution in [0.1, 0.15) is 34.6 Å². The summed E-state index contributed by atoms with van der Waals surface area (Å²) >= 11 is 0. The maximum Gasteiger partial charge on any atom is 0.339 e. The van der Waals surface area contributed by atoms with Crippen LogP contribution in [0.3, 0.4) is 0 Å². The van der Waals surface area contributed by atoms with Crippen molar-refractivity contribution in [3.8, 4) is 0 Å². The highest BCUT2D eigenvalue weighted by atomic mass is 32.2. The van der Waals surface area contributed by atoms with E-state index in [2.05, 4.69) is 14.8 Å². The van der Waals surface area contributed by atoms with Gasteiger partial charge in [0.05, 0.1) is 28.8 Å². The first-order chi connectivity index (χ1) is 14.1. The number of hydrogen-bond donors (Lipinski definition) is 2. The highest BCUT2D eigenvalue weighted by Gasteiger charge is 2.19. The molecule has 0 atom stereocenters. The van der Waals surface area contributed by atoms with E-state index < -0.39 is 34.5 Å². The molecular weight excluding hydrogens is 412 g/mol. The number of anilines is 1. The summed E-state index contributed by atoms with van der Waals surface area (Å²) in [6.07, 6.45) is 0. The van der Waals surface area contributed by atoms with Crippen LogP contribution in [0.4, 0.5) is 5.69 Å². The van der Waals surface area contributed by atoms with Crippen LogP contribution in [0, 0.1) is 0 Å². The fraction of sp³-hybridized carbons (Fsp3) is 0.250. The van der Waals surface area contributed by atoms with Gasteiger partial charge in [-0.05, 0) is 44.2 Å². The minimum atomic E-state index is -3.78. The van der Waals surface area contributed by atoms with Crippen molar-refractivity contribution in [1.29, 1.82) is 0 Å². The molecule has 0 unspecified atom stereocenters. The van der Waals surface area contributed by atoms with Gasteiger partial charge in [0.2, 0.25) is 10.0 Å². The zero-order valence-corrected chi connectivity index (χ0v) is 17.5. The first-order valence-corrected chi connectivity index (χ1v) is 10.4. The molecule has 30 heavy (non-hydrogen) atoms. The van der Waals surface area contributed by atoms with E-state index in [1.54, 1.807) is 26.0 Å². The number of esters is 2. The summed E-state index contributed by atoms with van der Waals surface area (Å²) in [5, 5.41) is 2.47. The van der Waals surface area contributed by atoms with Gasteiger partial charge >= 0.3 is 11.9 Å². The Balaban J connectivity index is 2.04. The van der Waals surface area contributed by atoms with E-state index in [-0.39, 0.29) is 27.8 Å². The standard InChI is InChI=1S/C20H22N2O7S/c1-13(2)22-30(26,27)15-8-6-7-14(11-15)19(24)29-12-18(23)21-17-10-5-4-9-16(17)20(25)28-3/h4-11,13,22H,12H2,1-3H3,(H,21,23). The average molecular weight is 434 g/mol. The van der Waals surface area contributed by atoms with E-state index in [0.717, 1.165) is 6.07 Å². The van der Waals surface area contributed by atoms with Crippen LogP contribution < -0.4 is 10.0 Å². The summed E-state index contributed by atoms with van der Waals surface area (Å²) in [5.41, 5.74) is 0.331. The number of ether oxygens (including phenoxy) is 2. The number of carbonyl (C=O) groups excluding carboxylic acids is 3. The SMILES string of the molecule is COC(=O)c1ccccc1NC(=O)COC(=O)c1cccc(S(=O)(=O)NC(C)C)c1. The lowest BCUT2D eigenvalue weighted by Crippen LogP contribution is -2.30. The second-order valence-corrected chi connectivity index (χ2v) is 8.18. The zero-order valence-electron chi connectivity index (χ0n) is 16.7. The number of amides is 1. The lowest BCUT2D eigenvalue weighted by molar-refractivity contribution is -0.119. The molecule has 0 aliphatic rings. The third-order valence-corrected chi connectivity index (χ3v) is 5.37. The number of nitrogens with one attached hydrogen (secondary N) is 2. The van der Waals surface area contributed by atoms with Crippen LogP contribution in [0.2, 0.25) is 0 Å². The second kappa shape index (κ2) is 9.99. The number of hydrogen-bond acceptors (Lipinski definition) is 7. The van der Waals surface area contributed by atoms with Gasteiger partial charge in [-0.2, -0.15) is 0 Å². The summed E-state index contributed by atoms with van der Waals surface area (Å²) in [5.74, 6) is -2.17. The van der Waals surface area contributed by atoms with Crippen molar-refractivity contribution < 1.29 is 32.3 Å². The molecule has 0 heterocycles.